The quantitative estimate of drug-likeness (QED) is 0.0901. The van der Waals surface area contributed by atoms with Crippen molar-refractivity contribution in [2.45, 2.75) is 18.9 Å². The number of benzene rings is 3. The number of aromatic hydroxyl groups is 1. The summed E-state index contributed by atoms with van der Waals surface area (Å²) in [5.74, 6) is -0.197. The minimum Gasteiger partial charge on any atom is -0.507 e. The van der Waals surface area contributed by atoms with Crippen LogP contribution in [0.2, 0.25) is 0 Å². The average molecular weight is 706 g/mol. The van der Waals surface area contributed by atoms with Gasteiger partial charge in [-0.15, -0.1) is 11.3 Å². The molecule has 1 aliphatic rings. The molecule has 0 aliphatic carbocycles. The number of halogens is 6. The number of amides is 3. The summed E-state index contributed by atoms with van der Waals surface area (Å²) in [6.45, 7) is 3.58. The van der Waals surface area contributed by atoms with Crippen LogP contribution in [0.5, 0.6) is 5.75 Å². The fourth-order valence-electron chi connectivity index (χ4n) is 4.87. The lowest BCUT2D eigenvalue weighted by Gasteiger charge is -2.33. The number of para-hydroxylation sites is 1. The molecule has 0 radical (unpaired) electrons. The second-order valence-corrected chi connectivity index (χ2v) is 11.9. The Morgan fingerprint density at radius 3 is 2.10 bits per heavy atom. The maximum absolute atomic E-state index is 13.1. The smallest absolute Gasteiger partial charge is 0.416 e. The number of phenolic OH excluding ortho intramolecular Hbond substituents is 1. The number of piperazine rings is 1. The second kappa shape index (κ2) is 15.0. The van der Waals surface area contributed by atoms with Gasteiger partial charge in [-0.05, 0) is 54.6 Å². The molecule has 0 bridgehead atoms. The molecule has 17 heteroatoms. The summed E-state index contributed by atoms with van der Waals surface area (Å²) in [6, 6.07) is 12.9. The van der Waals surface area contributed by atoms with Gasteiger partial charge in [-0.1, -0.05) is 12.1 Å². The Labute approximate surface area is 280 Å². The number of carbonyl (C=O) groups excluding carboxylic acids is 2. The third kappa shape index (κ3) is 10.0. The van der Waals surface area contributed by atoms with Crippen molar-refractivity contribution < 1.29 is 41.0 Å². The van der Waals surface area contributed by atoms with E-state index in [4.69, 9.17) is 4.98 Å². The number of phenols is 1. The molecule has 0 saturated carbocycles. The third-order valence-electron chi connectivity index (χ3n) is 7.33. The van der Waals surface area contributed by atoms with Gasteiger partial charge < -0.3 is 15.7 Å². The van der Waals surface area contributed by atoms with E-state index in [1.165, 1.54) is 35.8 Å². The number of rotatable bonds is 9. The molecule has 1 fully saturated rings. The normalized spacial score (nSPS) is 14.6. The van der Waals surface area contributed by atoms with Crippen molar-refractivity contribution in [3.05, 3.63) is 94.5 Å². The molecule has 5 rings (SSSR count). The van der Waals surface area contributed by atoms with E-state index in [0.717, 1.165) is 24.3 Å². The van der Waals surface area contributed by atoms with Crippen LogP contribution in [0, 0.1) is 0 Å². The molecule has 4 N–H and O–H groups in total. The zero-order chi connectivity index (χ0) is 35.2. The molecule has 1 aromatic heterocycles. The number of carbonyl (C=O) groups is 2. The van der Waals surface area contributed by atoms with Gasteiger partial charge in [-0.3, -0.25) is 14.6 Å². The van der Waals surface area contributed by atoms with E-state index in [0.29, 0.717) is 42.3 Å². The molecule has 10 nitrogen and oxygen atoms in total. The molecule has 258 valence electrons. The number of anilines is 2. The van der Waals surface area contributed by atoms with Crippen molar-refractivity contribution in [2.24, 2.45) is 5.10 Å². The van der Waals surface area contributed by atoms with Crippen LogP contribution in [-0.2, 0) is 23.7 Å². The van der Waals surface area contributed by atoms with Crippen LogP contribution in [0.15, 0.2) is 77.2 Å². The highest BCUT2D eigenvalue weighted by atomic mass is 32.1. The fourth-order valence-corrected chi connectivity index (χ4v) is 5.69. The van der Waals surface area contributed by atoms with Crippen LogP contribution in [0.3, 0.4) is 0 Å². The lowest BCUT2D eigenvalue weighted by atomic mass is 10.1. The SMILES string of the molecule is O=C(CN1CCN(Cc2csc(-c3ccc(NC(=O)Nc4cc(C(F)(F)F)cc(C(F)(F)F)c4)cc3)n2)CC1)N/N=C/c1ccccc1O. The largest absolute Gasteiger partial charge is 0.507 e. The Morgan fingerprint density at radius 2 is 1.47 bits per heavy atom. The highest BCUT2D eigenvalue weighted by Gasteiger charge is 2.37. The van der Waals surface area contributed by atoms with Crippen LogP contribution >= 0.6 is 11.3 Å². The Bertz CT molecular complexity index is 1770. The van der Waals surface area contributed by atoms with Gasteiger partial charge in [-0.25, -0.2) is 15.2 Å². The molecule has 1 aliphatic heterocycles. The first kappa shape index (κ1) is 35.3. The van der Waals surface area contributed by atoms with Gasteiger partial charge >= 0.3 is 18.4 Å². The number of hydrogen-bond acceptors (Lipinski definition) is 8. The summed E-state index contributed by atoms with van der Waals surface area (Å²) >= 11 is 1.42. The van der Waals surface area contributed by atoms with Gasteiger partial charge in [0, 0.05) is 60.6 Å². The minimum atomic E-state index is -5.04. The summed E-state index contributed by atoms with van der Waals surface area (Å²) in [5, 5.41) is 20.7. The second-order valence-electron chi connectivity index (χ2n) is 11.0. The number of alkyl halides is 6. The van der Waals surface area contributed by atoms with Gasteiger partial charge in [0.15, 0.2) is 0 Å². The van der Waals surface area contributed by atoms with Gasteiger partial charge in [0.1, 0.15) is 10.8 Å². The highest BCUT2D eigenvalue weighted by Crippen LogP contribution is 2.37. The van der Waals surface area contributed by atoms with Gasteiger partial charge in [0.05, 0.1) is 29.6 Å². The summed E-state index contributed by atoms with van der Waals surface area (Å²) in [4.78, 5) is 33.6. The Balaban J connectivity index is 1.08. The maximum Gasteiger partial charge on any atom is 0.416 e. The van der Waals surface area contributed by atoms with Crippen LogP contribution in [0.1, 0.15) is 22.4 Å². The van der Waals surface area contributed by atoms with E-state index in [1.54, 1.807) is 30.3 Å². The molecule has 0 unspecified atom stereocenters. The molecule has 3 aromatic carbocycles. The highest BCUT2D eigenvalue weighted by molar-refractivity contribution is 7.13. The number of hydrogen-bond donors (Lipinski definition) is 4. The van der Waals surface area contributed by atoms with Gasteiger partial charge in [0.2, 0.25) is 0 Å². The van der Waals surface area contributed by atoms with Crippen molar-refractivity contribution in [3.8, 4) is 16.3 Å². The van der Waals surface area contributed by atoms with E-state index in [9.17, 15) is 41.0 Å². The first-order valence-corrected chi connectivity index (χ1v) is 15.6. The summed E-state index contributed by atoms with van der Waals surface area (Å²) < 4.78 is 78.7. The first-order chi connectivity index (χ1) is 23.2. The number of aromatic nitrogens is 1. The summed E-state index contributed by atoms with van der Waals surface area (Å²) in [7, 11) is 0. The van der Waals surface area contributed by atoms with Crippen LogP contribution < -0.4 is 16.1 Å². The predicted molar refractivity (Wildman–Crippen MR) is 172 cm³/mol. The zero-order valence-corrected chi connectivity index (χ0v) is 26.3. The Morgan fingerprint density at radius 1 is 0.857 bits per heavy atom. The van der Waals surface area contributed by atoms with Crippen molar-refractivity contribution in [1.29, 1.82) is 0 Å². The Kier molecular flexibility index (Phi) is 10.8. The molecule has 49 heavy (non-hydrogen) atoms. The van der Waals surface area contributed by atoms with Crippen LogP contribution in [0.4, 0.5) is 42.5 Å². The molecule has 1 saturated heterocycles. The third-order valence-corrected chi connectivity index (χ3v) is 8.27. The summed E-state index contributed by atoms with van der Waals surface area (Å²) in [5.41, 5.74) is 1.08. The number of nitrogens with one attached hydrogen (secondary N) is 3. The molecular formula is C32H29F6N7O3S. The topological polar surface area (TPSA) is 122 Å². The van der Waals surface area contributed by atoms with E-state index in [2.05, 4.69) is 20.7 Å². The zero-order valence-electron chi connectivity index (χ0n) is 25.5. The van der Waals surface area contributed by atoms with E-state index in [-0.39, 0.29) is 30.0 Å². The van der Waals surface area contributed by atoms with Gasteiger partial charge in [-0.2, -0.15) is 31.4 Å². The monoisotopic (exact) mass is 705 g/mol. The average Bonchev–Trinajstić information content (AvgIpc) is 3.50. The lowest BCUT2D eigenvalue weighted by Crippen LogP contribution is -2.48. The van der Waals surface area contributed by atoms with Crippen molar-refractivity contribution in [2.75, 3.05) is 43.4 Å². The van der Waals surface area contributed by atoms with E-state index >= 15 is 0 Å². The van der Waals surface area contributed by atoms with Crippen molar-refractivity contribution in [3.63, 3.8) is 0 Å². The van der Waals surface area contributed by atoms with Gasteiger partial charge in [0.25, 0.3) is 5.91 Å². The van der Waals surface area contributed by atoms with Crippen LogP contribution in [0.25, 0.3) is 10.6 Å². The van der Waals surface area contributed by atoms with Crippen molar-refractivity contribution >= 4 is 40.9 Å². The maximum atomic E-state index is 13.1. The summed E-state index contributed by atoms with van der Waals surface area (Å²) in [6.07, 6.45) is -8.70. The molecule has 3 amide bonds. The predicted octanol–water partition coefficient (Wildman–Crippen LogP) is 6.47. The molecule has 2 heterocycles. The number of nitrogens with zero attached hydrogens (tertiary/aromatic N) is 4. The number of thiazole rings is 1. The Hall–Kier alpha value is -5.00. The molecule has 0 spiro atoms. The first-order valence-electron chi connectivity index (χ1n) is 14.7. The fraction of sp³-hybridized carbons (Fsp3) is 0.250. The number of hydrazone groups is 1. The van der Waals surface area contributed by atoms with Crippen LogP contribution in [-0.4, -0.2) is 70.8 Å². The number of urea groups is 1. The molecular weight excluding hydrogens is 676 g/mol. The minimum absolute atomic E-state index is 0.0187. The van der Waals surface area contributed by atoms with E-state index in [1.807, 2.05) is 15.6 Å². The molecule has 0 atom stereocenters. The molecule has 4 aromatic rings. The standard InChI is InChI=1S/C32H29F6N7O3S/c33-31(34,35)22-13-23(32(36,37)38)15-25(14-22)42-30(48)41-24-7-5-20(6-8-24)29-40-26(19-49-29)17-44-9-11-45(12-10-44)18-28(47)43-39-16-21-3-1-2-4-27(21)46/h1-8,13-16,19,46H,9-12,17-18H2,(H,43,47)(H2,41,42,48)/b39-16+. The lowest BCUT2D eigenvalue weighted by molar-refractivity contribution is -0.143. The van der Waals surface area contributed by atoms with Crippen molar-refractivity contribution in [1.82, 2.24) is 20.2 Å². The van der Waals surface area contributed by atoms with E-state index < -0.39 is 35.2 Å².